The van der Waals surface area contributed by atoms with Crippen LogP contribution in [0, 0.1) is 0 Å². The zero-order valence-corrected chi connectivity index (χ0v) is 8.40. The second kappa shape index (κ2) is 3.67. The number of hydrogen-bond acceptors (Lipinski definition) is 4. The van der Waals surface area contributed by atoms with Crippen LogP contribution in [0.4, 0.5) is 0 Å². The molecule has 2 heterocycles. The van der Waals surface area contributed by atoms with Gasteiger partial charge < -0.3 is 10.4 Å². The molecule has 1 fully saturated rings. The molecule has 0 aromatic carbocycles. The molecular weight excluding hydrogens is 180 g/mol. The van der Waals surface area contributed by atoms with Crippen molar-refractivity contribution in [2.45, 2.75) is 31.9 Å². The molecule has 2 N–H and O–H groups in total. The summed E-state index contributed by atoms with van der Waals surface area (Å²) in [5, 5.41) is 17.7. The van der Waals surface area contributed by atoms with Crippen molar-refractivity contribution >= 4 is 0 Å². The van der Waals surface area contributed by atoms with Crippen LogP contribution in [0.1, 0.15) is 25.6 Å². The number of aryl methyl sites for hydroxylation is 1. The molecule has 0 radical (unpaired) electrons. The predicted molar refractivity (Wildman–Crippen MR) is 51.7 cm³/mol. The lowest BCUT2D eigenvalue weighted by molar-refractivity contribution is -0.00638. The first-order valence-corrected chi connectivity index (χ1v) is 5.07. The van der Waals surface area contributed by atoms with E-state index in [1.54, 1.807) is 4.68 Å². The maximum atomic E-state index is 10.4. The summed E-state index contributed by atoms with van der Waals surface area (Å²) < 4.78 is 1.77. The van der Waals surface area contributed by atoms with Crippen LogP contribution in [0.25, 0.3) is 0 Å². The standard InChI is InChI=1S/C9H16N4O/c1-2-13-8(11-7-12-13)9(14)3-5-10-6-4-9/h7,10,14H,2-6H2,1H3. The van der Waals surface area contributed by atoms with E-state index in [-0.39, 0.29) is 0 Å². The Hall–Kier alpha value is -0.940. The molecule has 2 rings (SSSR count). The largest absolute Gasteiger partial charge is 0.382 e. The van der Waals surface area contributed by atoms with E-state index in [1.165, 1.54) is 6.33 Å². The molecule has 1 saturated heterocycles. The van der Waals surface area contributed by atoms with Crippen LogP contribution in [-0.4, -0.2) is 33.0 Å². The van der Waals surface area contributed by atoms with E-state index in [4.69, 9.17) is 0 Å². The summed E-state index contributed by atoms with van der Waals surface area (Å²) in [6.45, 7) is 4.44. The Morgan fingerprint density at radius 2 is 2.29 bits per heavy atom. The highest BCUT2D eigenvalue weighted by atomic mass is 16.3. The number of piperidine rings is 1. The van der Waals surface area contributed by atoms with Crippen LogP contribution in [0.15, 0.2) is 6.33 Å². The Kier molecular flexibility index (Phi) is 2.52. The van der Waals surface area contributed by atoms with Crippen molar-refractivity contribution in [3.8, 4) is 0 Å². The lowest BCUT2D eigenvalue weighted by atomic mass is 9.91. The van der Waals surface area contributed by atoms with Gasteiger partial charge in [0.1, 0.15) is 11.9 Å². The predicted octanol–water partition coefficient (Wildman–Crippen LogP) is -0.131. The van der Waals surface area contributed by atoms with Gasteiger partial charge in [0.05, 0.1) is 0 Å². The number of aliphatic hydroxyl groups is 1. The molecule has 78 valence electrons. The molecule has 5 nitrogen and oxygen atoms in total. The first kappa shape index (κ1) is 9.61. The van der Waals surface area contributed by atoms with Crippen molar-refractivity contribution in [2.24, 2.45) is 0 Å². The fourth-order valence-corrected chi connectivity index (χ4v) is 1.92. The quantitative estimate of drug-likeness (QED) is 0.691. The van der Waals surface area contributed by atoms with Gasteiger partial charge in [0, 0.05) is 6.54 Å². The fraction of sp³-hybridized carbons (Fsp3) is 0.778. The molecule has 0 spiro atoms. The summed E-state index contributed by atoms with van der Waals surface area (Å²) in [5.41, 5.74) is -0.780. The second-order valence-corrected chi connectivity index (χ2v) is 3.68. The molecule has 1 aliphatic heterocycles. The average molecular weight is 196 g/mol. The van der Waals surface area contributed by atoms with E-state index >= 15 is 0 Å². The van der Waals surface area contributed by atoms with Crippen molar-refractivity contribution in [1.82, 2.24) is 20.1 Å². The van der Waals surface area contributed by atoms with Crippen LogP contribution in [-0.2, 0) is 12.1 Å². The minimum absolute atomic E-state index is 0.710. The molecule has 14 heavy (non-hydrogen) atoms. The normalized spacial score (nSPS) is 21.0. The maximum absolute atomic E-state index is 10.4. The minimum atomic E-state index is -0.780. The van der Waals surface area contributed by atoms with Gasteiger partial charge in [-0.1, -0.05) is 0 Å². The van der Waals surface area contributed by atoms with Gasteiger partial charge in [0.2, 0.25) is 0 Å². The number of aromatic nitrogens is 3. The smallest absolute Gasteiger partial charge is 0.158 e. The van der Waals surface area contributed by atoms with E-state index in [9.17, 15) is 5.11 Å². The summed E-state index contributed by atoms with van der Waals surface area (Å²) in [5.74, 6) is 0.710. The highest BCUT2D eigenvalue weighted by molar-refractivity contribution is 5.03. The first-order chi connectivity index (χ1) is 6.76. The summed E-state index contributed by atoms with van der Waals surface area (Å²) >= 11 is 0. The van der Waals surface area contributed by atoms with Crippen molar-refractivity contribution < 1.29 is 5.11 Å². The van der Waals surface area contributed by atoms with Crippen LogP contribution >= 0.6 is 0 Å². The van der Waals surface area contributed by atoms with E-state index in [0.717, 1.165) is 19.6 Å². The number of hydrogen-bond donors (Lipinski definition) is 2. The molecular formula is C9H16N4O. The van der Waals surface area contributed by atoms with Crippen LogP contribution < -0.4 is 5.32 Å². The number of nitrogens with zero attached hydrogens (tertiary/aromatic N) is 3. The zero-order valence-electron chi connectivity index (χ0n) is 8.40. The first-order valence-electron chi connectivity index (χ1n) is 5.07. The lowest BCUT2D eigenvalue weighted by Gasteiger charge is -2.31. The van der Waals surface area contributed by atoms with E-state index < -0.39 is 5.60 Å². The highest BCUT2D eigenvalue weighted by Gasteiger charge is 2.35. The summed E-state index contributed by atoms with van der Waals surface area (Å²) in [4.78, 5) is 4.16. The van der Waals surface area contributed by atoms with Gasteiger partial charge in [-0.2, -0.15) is 5.10 Å². The summed E-state index contributed by atoms with van der Waals surface area (Å²) in [6, 6.07) is 0. The monoisotopic (exact) mass is 196 g/mol. The van der Waals surface area contributed by atoms with Gasteiger partial charge in [-0.15, -0.1) is 0 Å². The molecule has 1 aromatic heterocycles. The topological polar surface area (TPSA) is 63.0 Å². The Morgan fingerprint density at radius 1 is 1.57 bits per heavy atom. The molecule has 0 aliphatic carbocycles. The van der Waals surface area contributed by atoms with Crippen molar-refractivity contribution in [1.29, 1.82) is 0 Å². The Labute approximate surface area is 83.2 Å². The zero-order chi connectivity index (χ0) is 10.0. The van der Waals surface area contributed by atoms with E-state index in [1.807, 2.05) is 6.92 Å². The highest BCUT2D eigenvalue weighted by Crippen LogP contribution is 2.28. The van der Waals surface area contributed by atoms with Gasteiger partial charge in [0.25, 0.3) is 0 Å². The van der Waals surface area contributed by atoms with E-state index in [0.29, 0.717) is 18.7 Å². The summed E-state index contributed by atoms with van der Waals surface area (Å²) in [7, 11) is 0. The van der Waals surface area contributed by atoms with Gasteiger partial charge in [0.15, 0.2) is 5.82 Å². The lowest BCUT2D eigenvalue weighted by Crippen LogP contribution is -2.41. The fourth-order valence-electron chi connectivity index (χ4n) is 1.92. The van der Waals surface area contributed by atoms with Crippen LogP contribution in [0.5, 0.6) is 0 Å². The molecule has 1 aliphatic rings. The van der Waals surface area contributed by atoms with Gasteiger partial charge in [-0.3, -0.25) is 0 Å². The van der Waals surface area contributed by atoms with Crippen molar-refractivity contribution in [3.63, 3.8) is 0 Å². The Bertz CT molecular complexity index is 304. The third kappa shape index (κ3) is 1.53. The van der Waals surface area contributed by atoms with Crippen LogP contribution in [0.3, 0.4) is 0 Å². The third-order valence-electron chi connectivity index (χ3n) is 2.76. The number of nitrogens with one attached hydrogen (secondary N) is 1. The molecule has 0 unspecified atom stereocenters. The van der Waals surface area contributed by atoms with Gasteiger partial charge in [-0.05, 0) is 32.9 Å². The minimum Gasteiger partial charge on any atom is -0.382 e. The SMILES string of the molecule is CCn1ncnc1C1(O)CCNCC1. The average Bonchev–Trinajstić information content (AvgIpc) is 2.67. The van der Waals surface area contributed by atoms with E-state index in [2.05, 4.69) is 15.4 Å². The van der Waals surface area contributed by atoms with Gasteiger partial charge in [-0.25, -0.2) is 9.67 Å². The molecule has 0 atom stereocenters. The molecule has 0 amide bonds. The Balaban J connectivity index is 2.27. The third-order valence-corrected chi connectivity index (χ3v) is 2.76. The summed E-state index contributed by atoms with van der Waals surface area (Å²) in [6.07, 6.45) is 2.94. The Morgan fingerprint density at radius 3 is 2.93 bits per heavy atom. The van der Waals surface area contributed by atoms with Crippen molar-refractivity contribution in [3.05, 3.63) is 12.2 Å². The second-order valence-electron chi connectivity index (χ2n) is 3.68. The molecule has 1 aromatic rings. The maximum Gasteiger partial charge on any atom is 0.158 e. The molecule has 0 saturated carbocycles. The molecule has 5 heteroatoms. The number of rotatable bonds is 2. The van der Waals surface area contributed by atoms with Crippen molar-refractivity contribution in [2.75, 3.05) is 13.1 Å². The molecule has 0 bridgehead atoms. The van der Waals surface area contributed by atoms with Crippen LogP contribution in [0.2, 0.25) is 0 Å². The van der Waals surface area contributed by atoms with Gasteiger partial charge >= 0.3 is 0 Å².